The first-order valence-electron chi connectivity index (χ1n) is 6.20. The smallest absolute Gasteiger partial charge is 0.207 e. The van der Waals surface area contributed by atoms with E-state index in [1.165, 1.54) is 4.31 Å². The van der Waals surface area contributed by atoms with Gasteiger partial charge in [0.1, 0.15) is 0 Å². The molecule has 0 bridgehead atoms. The van der Waals surface area contributed by atoms with Gasteiger partial charge in [-0.3, -0.25) is 0 Å². The van der Waals surface area contributed by atoms with E-state index >= 15 is 0 Å². The van der Waals surface area contributed by atoms with Gasteiger partial charge in [-0.1, -0.05) is 6.07 Å². The third-order valence-electron chi connectivity index (χ3n) is 3.68. The lowest BCUT2D eigenvalue weighted by atomic mass is 10.2. The first kappa shape index (κ1) is 15.3. The highest BCUT2D eigenvalue weighted by Gasteiger charge is 2.36. The molecule has 0 saturated heterocycles. The van der Waals surface area contributed by atoms with Crippen LogP contribution in [-0.4, -0.2) is 25.8 Å². The summed E-state index contributed by atoms with van der Waals surface area (Å²) >= 11 is 9.10. The van der Waals surface area contributed by atoms with Gasteiger partial charge in [-0.25, -0.2) is 8.42 Å². The van der Waals surface area contributed by atoms with Crippen LogP contribution in [0.5, 0.6) is 0 Å². The van der Waals surface area contributed by atoms with E-state index in [1.54, 1.807) is 19.2 Å². The van der Waals surface area contributed by atoms with E-state index in [-0.39, 0.29) is 6.04 Å². The van der Waals surface area contributed by atoms with Gasteiger partial charge < -0.3 is 0 Å². The van der Waals surface area contributed by atoms with Gasteiger partial charge >= 0.3 is 0 Å². The fourth-order valence-electron chi connectivity index (χ4n) is 2.08. The average Bonchev–Trinajstić information content (AvgIpc) is 3.21. The van der Waals surface area contributed by atoms with E-state index in [1.807, 2.05) is 13.0 Å². The molecule has 2 rings (SSSR count). The van der Waals surface area contributed by atoms with Crippen molar-refractivity contribution in [2.75, 3.05) is 7.05 Å². The van der Waals surface area contributed by atoms with Crippen molar-refractivity contribution in [3.8, 4) is 0 Å². The van der Waals surface area contributed by atoms with E-state index < -0.39 is 10.0 Å². The molecule has 0 N–H and O–H groups in total. The number of rotatable bonds is 5. The minimum atomic E-state index is -3.48. The van der Waals surface area contributed by atoms with Crippen LogP contribution in [-0.2, 0) is 15.9 Å². The zero-order valence-electron chi connectivity index (χ0n) is 10.9. The Hall–Kier alpha value is -0.100. The van der Waals surface area contributed by atoms with Crippen LogP contribution in [0.2, 0.25) is 0 Å². The van der Waals surface area contributed by atoms with E-state index in [0.717, 1.165) is 18.4 Å². The molecule has 1 aliphatic carbocycles. The minimum absolute atomic E-state index is 0.0385. The quantitative estimate of drug-likeness (QED) is 0.747. The van der Waals surface area contributed by atoms with Crippen molar-refractivity contribution in [1.29, 1.82) is 0 Å². The van der Waals surface area contributed by atoms with E-state index in [4.69, 9.17) is 11.6 Å². The highest BCUT2D eigenvalue weighted by atomic mass is 79.9. The highest BCUT2D eigenvalue weighted by molar-refractivity contribution is 9.10. The van der Waals surface area contributed by atoms with Crippen LogP contribution in [0.3, 0.4) is 0 Å². The standard InChI is InChI=1S/C13H17BrClNO2S/c1-9(11-4-5-11)16(2)19(17,18)13-7-10(8-15)3-6-12(13)14/h3,6-7,9,11H,4-5,8H2,1-2H3. The third-order valence-corrected chi connectivity index (χ3v) is 6.93. The zero-order valence-corrected chi connectivity index (χ0v) is 14.1. The number of sulfonamides is 1. The molecule has 19 heavy (non-hydrogen) atoms. The summed E-state index contributed by atoms with van der Waals surface area (Å²) in [5, 5.41) is 0. The van der Waals surface area contributed by atoms with E-state index in [2.05, 4.69) is 15.9 Å². The second-order valence-corrected chi connectivity index (χ2v) is 8.09. The molecule has 0 spiro atoms. The summed E-state index contributed by atoms with van der Waals surface area (Å²) in [6.45, 7) is 1.97. The number of hydrogen-bond donors (Lipinski definition) is 0. The Morgan fingerprint density at radius 1 is 1.47 bits per heavy atom. The largest absolute Gasteiger partial charge is 0.244 e. The molecule has 0 aromatic heterocycles. The molecule has 6 heteroatoms. The van der Waals surface area contributed by atoms with Crippen LogP contribution < -0.4 is 0 Å². The number of halogens is 2. The molecular weight excluding hydrogens is 350 g/mol. The molecule has 0 radical (unpaired) electrons. The van der Waals surface area contributed by atoms with Gasteiger partial charge in [-0.05, 0) is 59.3 Å². The topological polar surface area (TPSA) is 37.4 Å². The lowest BCUT2D eigenvalue weighted by Crippen LogP contribution is -2.36. The molecule has 3 nitrogen and oxygen atoms in total. The van der Waals surface area contributed by atoms with E-state index in [0.29, 0.717) is 21.2 Å². The highest BCUT2D eigenvalue weighted by Crippen LogP contribution is 2.37. The van der Waals surface area contributed by atoms with Crippen LogP contribution in [0.15, 0.2) is 27.6 Å². The van der Waals surface area contributed by atoms with Crippen LogP contribution >= 0.6 is 27.5 Å². The van der Waals surface area contributed by atoms with Crippen molar-refractivity contribution in [2.45, 2.75) is 36.6 Å². The third kappa shape index (κ3) is 3.15. The Morgan fingerprint density at radius 2 is 2.11 bits per heavy atom. The normalized spacial score (nSPS) is 17.7. The summed E-state index contributed by atoms with van der Waals surface area (Å²) < 4.78 is 27.4. The molecule has 1 aromatic rings. The molecule has 106 valence electrons. The maximum atomic E-state index is 12.6. The number of alkyl halides is 1. The summed E-state index contributed by atoms with van der Waals surface area (Å²) in [6.07, 6.45) is 2.23. The molecule has 1 unspecified atom stereocenters. The predicted octanol–water partition coefficient (Wildman–Crippen LogP) is 3.61. The van der Waals surface area contributed by atoms with Crippen LogP contribution in [0.1, 0.15) is 25.3 Å². The fraction of sp³-hybridized carbons (Fsp3) is 0.538. The van der Waals surface area contributed by atoms with Crippen LogP contribution in [0.4, 0.5) is 0 Å². The SMILES string of the molecule is CC(C1CC1)N(C)S(=O)(=O)c1cc(CCl)ccc1Br. The first-order valence-corrected chi connectivity index (χ1v) is 8.97. The summed E-state index contributed by atoms with van der Waals surface area (Å²) in [5.41, 5.74) is 0.802. The minimum Gasteiger partial charge on any atom is -0.207 e. The lowest BCUT2D eigenvalue weighted by Gasteiger charge is -2.24. The van der Waals surface area contributed by atoms with Gasteiger partial charge in [-0.15, -0.1) is 11.6 Å². The van der Waals surface area contributed by atoms with Gasteiger partial charge in [-0.2, -0.15) is 4.31 Å². The summed E-state index contributed by atoms with van der Waals surface area (Å²) in [7, 11) is -1.83. The first-order chi connectivity index (χ1) is 8.87. The Labute approximate surface area is 128 Å². The monoisotopic (exact) mass is 365 g/mol. The van der Waals surface area contributed by atoms with Crippen molar-refractivity contribution in [2.24, 2.45) is 5.92 Å². The van der Waals surface area contributed by atoms with Crippen LogP contribution in [0, 0.1) is 5.92 Å². The fourth-order valence-corrected chi connectivity index (χ4v) is 4.64. The molecular formula is C13H17BrClNO2S. The summed E-state index contributed by atoms with van der Waals surface area (Å²) in [4.78, 5) is 0.292. The van der Waals surface area contributed by atoms with Gasteiger partial charge in [0, 0.05) is 23.4 Å². The Morgan fingerprint density at radius 3 is 2.63 bits per heavy atom. The summed E-state index contributed by atoms with van der Waals surface area (Å²) in [5.74, 6) is 0.798. The molecule has 1 atom stereocenters. The molecule has 0 heterocycles. The Kier molecular flexibility index (Phi) is 4.60. The van der Waals surface area contributed by atoms with Crippen molar-refractivity contribution >= 4 is 37.6 Å². The Balaban J connectivity index is 2.37. The number of hydrogen-bond acceptors (Lipinski definition) is 2. The zero-order chi connectivity index (χ0) is 14.2. The van der Waals surface area contributed by atoms with Crippen molar-refractivity contribution in [1.82, 2.24) is 4.31 Å². The van der Waals surface area contributed by atoms with Gasteiger partial charge in [0.05, 0.1) is 4.90 Å². The average molecular weight is 367 g/mol. The molecule has 1 aliphatic rings. The molecule has 1 aromatic carbocycles. The maximum Gasteiger partial charge on any atom is 0.244 e. The second-order valence-electron chi connectivity index (χ2n) is 5.00. The van der Waals surface area contributed by atoms with E-state index in [9.17, 15) is 8.42 Å². The molecule has 0 aliphatic heterocycles. The number of nitrogens with zero attached hydrogens (tertiary/aromatic N) is 1. The maximum absolute atomic E-state index is 12.6. The molecule has 0 amide bonds. The van der Waals surface area contributed by atoms with Crippen molar-refractivity contribution < 1.29 is 8.42 Å². The number of benzene rings is 1. The predicted molar refractivity (Wildman–Crippen MR) is 80.8 cm³/mol. The van der Waals surface area contributed by atoms with Gasteiger partial charge in [0.25, 0.3) is 0 Å². The van der Waals surface area contributed by atoms with Gasteiger partial charge in [0.2, 0.25) is 10.0 Å². The lowest BCUT2D eigenvalue weighted by molar-refractivity contribution is 0.357. The summed E-state index contributed by atoms with van der Waals surface area (Å²) in [6, 6.07) is 5.24. The van der Waals surface area contributed by atoms with Crippen molar-refractivity contribution in [3.63, 3.8) is 0 Å². The van der Waals surface area contributed by atoms with Crippen molar-refractivity contribution in [3.05, 3.63) is 28.2 Å². The van der Waals surface area contributed by atoms with Gasteiger partial charge in [0.15, 0.2) is 0 Å². The van der Waals surface area contributed by atoms with Crippen LogP contribution in [0.25, 0.3) is 0 Å². The second kappa shape index (κ2) is 5.72. The Bertz CT molecular complexity index is 572. The molecule has 1 saturated carbocycles. The molecule has 1 fully saturated rings.